The van der Waals surface area contributed by atoms with E-state index in [1.165, 1.54) is 27.9 Å². The summed E-state index contributed by atoms with van der Waals surface area (Å²) in [6.45, 7) is 8.78. The maximum absolute atomic E-state index is 13.5. The highest BCUT2D eigenvalue weighted by molar-refractivity contribution is 7.80. The molecule has 1 saturated carbocycles. The van der Waals surface area contributed by atoms with Gasteiger partial charge in [-0.05, 0) is 78.0 Å². The lowest BCUT2D eigenvalue weighted by molar-refractivity contribution is -0.157. The average molecular weight is 549 g/mol. The van der Waals surface area contributed by atoms with Crippen LogP contribution in [-0.4, -0.2) is 12.1 Å². The largest absolute Gasteiger partial charge is 0.462 e. The number of hydrogen-bond acceptors (Lipinski definition) is 2. The summed E-state index contributed by atoms with van der Waals surface area (Å²) in [5.41, 5.74) is 3.36. The van der Waals surface area contributed by atoms with Crippen molar-refractivity contribution in [3.63, 3.8) is 0 Å². The molecular weight excluding hydrogens is 507 g/mol. The molecule has 40 heavy (non-hydrogen) atoms. The van der Waals surface area contributed by atoms with Crippen molar-refractivity contribution in [2.45, 2.75) is 59.0 Å². The smallest absolute Gasteiger partial charge is 0.313 e. The number of carbonyl (C=O) groups excluding carboxylic acids is 1. The number of esters is 1. The van der Waals surface area contributed by atoms with Gasteiger partial charge in [-0.25, -0.2) is 0 Å². The highest BCUT2D eigenvalue weighted by Gasteiger charge is 2.34. The Morgan fingerprint density at radius 2 is 1.40 bits per heavy atom. The Bertz CT molecular complexity index is 1360. The SMILES string of the molecule is CC1CCC(C(C)C)C(OC(=O)C(C)c2cccc(-c3ccccc3P(c3ccccc3)c3ccccc3)c2)C1. The third-order valence-electron chi connectivity index (χ3n) is 8.45. The Hall–Kier alpha value is -3.22. The molecule has 0 radical (unpaired) electrons. The number of rotatable bonds is 8. The summed E-state index contributed by atoms with van der Waals surface area (Å²) in [6.07, 6.45) is 3.35. The van der Waals surface area contributed by atoms with E-state index in [2.05, 4.69) is 130 Å². The van der Waals surface area contributed by atoms with Crippen LogP contribution in [0.2, 0.25) is 0 Å². The number of ether oxygens (including phenoxy) is 1. The van der Waals surface area contributed by atoms with Gasteiger partial charge in [0.05, 0.1) is 5.92 Å². The molecule has 0 bridgehead atoms. The molecule has 0 saturated heterocycles. The Morgan fingerprint density at radius 3 is 2.05 bits per heavy atom. The summed E-state index contributed by atoms with van der Waals surface area (Å²) >= 11 is 0. The minimum Gasteiger partial charge on any atom is -0.462 e. The molecule has 4 unspecified atom stereocenters. The van der Waals surface area contributed by atoms with E-state index in [1.807, 2.05) is 6.92 Å². The minimum atomic E-state index is -0.747. The van der Waals surface area contributed by atoms with Gasteiger partial charge in [0.1, 0.15) is 6.10 Å². The van der Waals surface area contributed by atoms with Crippen LogP contribution < -0.4 is 15.9 Å². The Labute approximate surface area is 241 Å². The minimum absolute atomic E-state index is 0.0166. The van der Waals surface area contributed by atoms with Crippen LogP contribution in [-0.2, 0) is 9.53 Å². The van der Waals surface area contributed by atoms with Crippen LogP contribution >= 0.6 is 7.92 Å². The van der Waals surface area contributed by atoms with Crippen molar-refractivity contribution < 1.29 is 9.53 Å². The summed E-state index contributed by atoms with van der Waals surface area (Å²) in [6, 6.07) is 38.9. The number of carbonyl (C=O) groups is 1. The van der Waals surface area contributed by atoms with E-state index >= 15 is 0 Å². The van der Waals surface area contributed by atoms with Crippen molar-refractivity contribution in [3.8, 4) is 11.1 Å². The first-order valence-electron chi connectivity index (χ1n) is 14.7. The maximum Gasteiger partial charge on any atom is 0.313 e. The molecule has 0 aromatic heterocycles. The third-order valence-corrected chi connectivity index (χ3v) is 11.0. The molecule has 0 heterocycles. The van der Waals surface area contributed by atoms with Gasteiger partial charge in [0, 0.05) is 0 Å². The van der Waals surface area contributed by atoms with Crippen LogP contribution in [0.15, 0.2) is 109 Å². The molecule has 3 heteroatoms. The molecule has 1 fully saturated rings. The second-order valence-corrected chi connectivity index (χ2v) is 13.9. The van der Waals surface area contributed by atoms with Gasteiger partial charge in [-0.1, -0.05) is 136 Å². The van der Waals surface area contributed by atoms with Crippen molar-refractivity contribution in [2.24, 2.45) is 17.8 Å². The van der Waals surface area contributed by atoms with Gasteiger partial charge in [-0.2, -0.15) is 0 Å². The molecule has 5 rings (SSSR count). The average Bonchev–Trinajstić information content (AvgIpc) is 2.98. The zero-order valence-corrected chi connectivity index (χ0v) is 25.1. The van der Waals surface area contributed by atoms with Crippen molar-refractivity contribution >= 4 is 29.8 Å². The van der Waals surface area contributed by atoms with Gasteiger partial charge in [0.2, 0.25) is 0 Å². The van der Waals surface area contributed by atoms with E-state index in [0.717, 1.165) is 24.0 Å². The van der Waals surface area contributed by atoms with Crippen LogP contribution in [0.4, 0.5) is 0 Å². The van der Waals surface area contributed by atoms with Crippen LogP contribution in [0, 0.1) is 17.8 Å². The molecule has 4 aromatic carbocycles. The summed E-state index contributed by atoms with van der Waals surface area (Å²) in [4.78, 5) is 13.5. The lowest BCUT2D eigenvalue weighted by atomic mass is 9.75. The molecule has 0 amide bonds. The molecule has 4 atom stereocenters. The first kappa shape index (κ1) is 28.3. The maximum atomic E-state index is 13.5. The Morgan fingerprint density at radius 1 is 0.775 bits per heavy atom. The fourth-order valence-electron chi connectivity index (χ4n) is 6.11. The monoisotopic (exact) mass is 548 g/mol. The quantitative estimate of drug-likeness (QED) is 0.164. The number of benzene rings is 4. The summed E-state index contributed by atoms with van der Waals surface area (Å²) < 4.78 is 6.24. The number of hydrogen-bond donors (Lipinski definition) is 0. The van der Waals surface area contributed by atoms with Gasteiger partial charge in [-0.15, -0.1) is 0 Å². The highest BCUT2D eigenvalue weighted by atomic mass is 31.1. The van der Waals surface area contributed by atoms with Crippen LogP contribution in [0.3, 0.4) is 0 Å². The lowest BCUT2D eigenvalue weighted by Gasteiger charge is -2.37. The molecule has 0 N–H and O–H groups in total. The molecule has 0 spiro atoms. The van der Waals surface area contributed by atoms with Crippen molar-refractivity contribution in [3.05, 3.63) is 115 Å². The summed E-state index contributed by atoms with van der Waals surface area (Å²) in [5.74, 6) is 1.14. The first-order chi connectivity index (χ1) is 19.4. The Balaban J connectivity index is 1.46. The molecular formula is C37H41O2P. The van der Waals surface area contributed by atoms with Gasteiger partial charge < -0.3 is 4.74 Å². The van der Waals surface area contributed by atoms with Crippen LogP contribution in [0.25, 0.3) is 11.1 Å². The summed E-state index contributed by atoms with van der Waals surface area (Å²) in [7, 11) is -0.747. The topological polar surface area (TPSA) is 26.3 Å². The normalized spacial score (nSPS) is 19.9. The Kier molecular flexibility index (Phi) is 9.18. The second-order valence-electron chi connectivity index (χ2n) is 11.7. The van der Waals surface area contributed by atoms with Crippen LogP contribution in [0.1, 0.15) is 58.4 Å². The highest BCUT2D eigenvalue weighted by Crippen LogP contribution is 2.39. The third kappa shape index (κ3) is 6.39. The van der Waals surface area contributed by atoms with Gasteiger partial charge in [-0.3, -0.25) is 4.79 Å². The van der Waals surface area contributed by atoms with E-state index in [0.29, 0.717) is 17.8 Å². The van der Waals surface area contributed by atoms with E-state index in [9.17, 15) is 4.79 Å². The molecule has 1 aliphatic rings. The zero-order chi connectivity index (χ0) is 28.1. The van der Waals surface area contributed by atoms with Crippen molar-refractivity contribution in [1.82, 2.24) is 0 Å². The predicted octanol–water partition coefficient (Wildman–Crippen LogP) is 8.22. The van der Waals surface area contributed by atoms with Gasteiger partial charge in [0.15, 0.2) is 0 Å². The summed E-state index contributed by atoms with van der Waals surface area (Å²) in [5, 5.41) is 3.97. The van der Waals surface area contributed by atoms with Crippen LogP contribution in [0.5, 0.6) is 0 Å². The second kappa shape index (κ2) is 13.0. The van der Waals surface area contributed by atoms with Gasteiger partial charge in [0.25, 0.3) is 0 Å². The predicted molar refractivity (Wildman–Crippen MR) is 170 cm³/mol. The van der Waals surface area contributed by atoms with Crippen molar-refractivity contribution in [1.29, 1.82) is 0 Å². The van der Waals surface area contributed by atoms with Crippen molar-refractivity contribution in [2.75, 3.05) is 0 Å². The van der Waals surface area contributed by atoms with E-state index in [1.54, 1.807) is 0 Å². The van der Waals surface area contributed by atoms with E-state index < -0.39 is 7.92 Å². The van der Waals surface area contributed by atoms with E-state index in [-0.39, 0.29) is 18.0 Å². The molecule has 2 nitrogen and oxygen atoms in total. The fourth-order valence-corrected chi connectivity index (χ4v) is 8.58. The zero-order valence-electron chi connectivity index (χ0n) is 24.2. The van der Waals surface area contributed by atoms with E-state index in [4.69, 9.17) is 4.74 Å². The standard InChI is InChI=1S/C37H41O2P/c1-26(2)33-23-22-27(3)24-35(33)39-37(38)28(4)29-14-13-15-30(25-29)34-20-11-12-21-36(34)40(31-16-7-5-8-17-31)32-18-9-6-10-19-32/h5-21,25-28,33,35H,22-24H2,1-4H3. The molecule has 1 aliphatic carbocycles. The molecule has 206 valence electrons. The molecule has 0 aliphatic heterocycles. The lowest BCUT2D eigenvalue weighted by Crippen LogP contribution is -2.36. The molecule has 4 aromatic rings. The van der Waals surface area contributed by atoms with Gasteiger partial charge >= 0.3 is 5.97 Å². The fraction of sp³-hybridized carbons (Fsp3) is 0.324. The first-order valence-corrected chi connectivity index (χ1v) is 16.1.